The van der Waals surface area contributed by atoms with Crippen molar-refractivity contribution in [1.82, 2.24) is 0 Å². The Morgan fingerprint density at radius 2 is 1.62 bits per heavy atom. The van der Waals surface area contributed by atoms with Crippen LogP contribution in [0.25, 0.3) is 12.2 Å². The van der Waals surface area contributed by atoms with E-state index in [1.807, 2.05) is 60.7 Å². The van der Waals surface area contributed by atoms with Crippen molar-refractivity contribution in [2.24, 2.45) is 0 Å². The fourth-order valence-corrected chi connectivity index (χ4v) is 1.80. The van der Waals surface area contributed by atoms with Crippen LogP contribution in [0.2, 0.25) is 10.0 Å². The summed E-state index contributed by atoms with van der Waals surface area (Å²) < 4.78 is 0. The molecule has 0 unspecified atom stereocenters. The zero-order chi connectivity index (χ0) is 11.4. The molecule has 0 nitrogen and oxygen atoms in total. The fraction of sp³-hybridized carbons (Fsp3) is 0. The highest BCUT2D eigenvalue weighted by atomic mass is 35.5. The number of hydrogen-bond donors (Lipinski definition) is 0. The van der Waals surface area contributed by atoms with Gasteiger partial charge in [-0.15, -0.1) is 0 Å². The smallest absolute Gasteiger partial charge is 0.0478 e. The van der Waals surface area contributed by atoms with Crippen LogP contribution in [-0.4, -0.2) is 0 Å². The highest BCUT2D eigenvalue weighted by Crippen LogP contribution is 2.18. The van der Waals surface area contributed by atoms with E-state index in [0.717, 1.165) is 21.2 Å². The van der Waals surface area contributed by atoms with Gasteiger partial charge < -0.3 is 0 Å². The van der Waals surface area contributed by atoms with E-state index in [1.165, 1.54) is 0 Å². The molecular weight excluding hydrogens is 239 g/mol. The third-order valence-electron chi connectivity index (χ3n) is 2.21. The van der Waals surface area contributed by atoms with Crippen molar-refractivity contribution in [3.05, 3.63) is 69.7 Å². The maximum absolute atomic E-state index is 6.04. The Kier molecular flexibility index (Phi) is 3.66. The summed E-state index contributed by atoms with van der Waals surface area (Å²) in [6, 6.07) is 15.4. The van der Waals surface area contributed by atoms with E-state index in [-0.39, 0.29) is 0 Å². The summed E-state index contributed by atoms with van der Waals surface area (Å²) in [5.41, 5.74) is 2.07. The molecule has 0 radical (unpaired) electrons. The fourth-order valence-electron chi connectivity index (χ4n) is 1.41. The number of hydrogen-bond acceptors (Lipinski definition) is 0. The molecular formula is C14H10Cl2. The predicted molar refractivity (Wildman–Crippen MR) is 71.8 cm³/mol. The zero-order valence-corrected chi connectivity index (χ0v) is 10.0. The van der Waals surface area contributed by atoms with E-state index in [2.05, 4.69) is 0 Å². The molecule has 0 aliphatic carbocycles. The maximum atomic E-state index is 6.04. The Hall–Kier alpha value is -1.24. The van der Waals surface area contributed by atoms with E-state index in [9.17, 15) is 0 Å². The number of rotatable bonds is 2. The summed E-state index contributed by atoms with van der Waals surface area (Å²) in [6.07, 6.45) is 3.97. The van der Waals surface area contributed by atoms with Gasteiger partial charge in [-0.1, -0.05) is 65.7 Å². The van der Waals surface area contributed by atoms with Crippen LogP contribution in [-0.2, 0) is 0 Å². The standard InChI is InChI=1S/C14H10Cl2/c15-13-6-3-4-11(10-13)8-9-12-5-1-2-7-14(12)16/h1-10H. The SMILES string of the molecule is Clc1cccc(C=Cc2ccccc2Cl)c1. The quantitative estimate of drug-likeness (QED) is 0.644. The Morgan fingerprint density at radius 1 is 0.812 bits per heavy atom. The lowest BCUT2D eigenvalue weighted by Crippen LogP contribution is -1.74. The first kappa shape index (κ1) is 11.3. The highest BCUT2D eigenvalue weighted by Gasteiger charge is 1.93. The summed E-state index contributed by atoms with van der Waals surface area (Å²) in [6.45, 7) is 0. The molecule has 0 spiro atoms. The van der Waals surface area contributed by atoms with Gasteiger partial charge in [-0.05, 0) is 29.3 Å². The van der Waals surface area contributed by atoms with Crippen LogP contribution < -0.4 is 0 Å². The first-order chi connectivity index (χ1) is 7.75. The van der Waals surface area contributed by atoms with Crippen LogP contribution in [0.5, 0.6) is 0 Å². The van der Waals surface area contributed by atoms with Gasteiger partial charge in [-0.3, -0.25) is 0 Å². The van der Waals surface area contributed by atoms with Crippen LogP contribution in [0, 0.1) is 0 Å². The van der Waals surface area contributed by atoms with Crippen molar-refractivity contribution in [1.29, 1.82) is 0 Å². The minimum atomic E-state index is 0.737. The van der Waals surface area contributed by atoms with Gasteiger partial charge in [0.25, 0.3) is 0 Å². The molecule has 2 heteroatoms. The van der Waals surface area contributed by atoms with Crippen LogP contribution in [0.15, 0.2) is 48.5 Å². The van der Waals surface area contributed by atoms with Crippen LogP contribution in [0.1, 0.15) is 11.1 Å². The molecule has 2 rings (SSSR count). The molecule has 0 fully saturated rings. The van der Waals surface area contributed by atoms with Crippen LogP contribution in [0.3, 0.4) is 0 Å². The van der Waals surface area contributed by atoms with E-state index in [0.29, 0.717) is 0 Å². The van der Waals surface area contributed by atoms with Gasteiger partial charge in [0.05, 0.1) is 0 Å². The number of benzene rings is 2. The zero-order valence-electron chi connectivity index (χ0n) is 8.53. The Morgan fingerprint density at radius 3 is 2.38 bits per heavy atom. The van der Waals surface area contributed by atoms with E-state index >= 15 is 0 Å². The topological polar surface area (TPSA) is 0 Å². The van der Waals surface area contributed by atoms with Gasteiger partial charge in [0.2, 0.25) is 0 Å². The summed E-state index contributed by atoms with van der Waals surface area (Å²) in [4.78, 5) is 0. The molecule has 0 aromatic heterocycles. The second kappa shape index (κ2) is 5.20. The predicted octanol–water partition coefficient (Wildman–Crippen LogP) is 5.16. The van der Waals surface area contributed by atoms with Crippen molar-refractivity contribution in [3.8, 4) is 0 Å². The molecule has 0 heterocycles. The van der Waals surface area contributed by atoms with Gasteiger partial charge in [0.15, 0.2) is 0 Å². The summed E-state index contributed by atoms with van der Waals surface area (Å²) in [5.74, 6) is 0. The second-order valence-electron chi connectivity index (χ2n) is 3.41. The maximum Gasteiger partial charge on any atom is 0.0478 e. The van der Waals surface area contributed by atoms with Crippen molar-refractivity contribution < 1.29 is 0 Å². The van der Waals surface area contributed by atoms with E-state index < -0.39 is 0 Å². The largest absolute Gasteiger partial charge is 0.0843 e. The highest BCUT2D eigenvalue weighted by molar-refractivity contribution is 6.32. The van der Waals surface area contributed by atoms with Gasteiger partial charge in [-0.2, -0.15) is 0 Å². The first-order valence-corrected chi connectivity index (χ1v) is 5.69. The second-order valence-corrected chi connectivity index (χ2v) is 4.25. The van der Waals surface area contributed by atoms with Crippen LogP contribution >= 0.6 is 23.2 Å². The molecule has 0 aliphatic rings. The summed E-state index contributed by atoms with van der Waals surface area (Å²) in [7, 11) is 0. The third kappa shape index (κ3) is 2.88. The molecule has 0 atom stereocenters. The van der Waals surface area contributed by atoms with Crippen molar-refractivity contribution in [3.63, 3.8) is 0 Å². The van der Waals surface area contributed by atoms with Crippen molar-refractivity contribution >= 4 is 35.4 Å². The molecule has 0 aliphatic heterocycles. The molecule has 80 valence electrons. The molecule has 16 heavy (non-hydrogen) atoms. The number of halogens is 2. The molecule has 0 bridgehead atoms. The summed E-state index contributed by atoms with van der Waals surface area (Å²) in [5, 5.41) is 1.49. The van der Waals surface area contributed by atoms with Gasteiger partial charge in [0.1, 0.15) is 0 Å². The normalized spacial score (nSPS) is 10.9. The van der Waals surface area contributed by atoms with Gasteiger partial charge in [0, 0.05) is 10.0 Å². The minimum Gasteiger partial charge on any atom is -0.0843 e. The lowest BCUT2D eigenvalue weighted by atomic mass is 10.1. The minimum absolute atomic E-state index is 0.737. The molecule has 0 amide bonds. The average Bonchev–Trinajstić information content (AvgIpc) is 2.28. The average molecular weight is 249 g/mol. The van der Waals surface area contributed by atoms with Crippen molar-refractivity contribution in [2.75, 3.05) is 0 Å². The van der Waals surface area contributed by atoms with Crippen molar-refractivity contribution in [2.45, 2.75) is 0 Å². The molecule has 0 saturated heterocycles. The van der Waals surface area contributed by atoms with Gasteiger partial charge in [-0.25, -0.2) is 0 Å². The molecule has 2 aromatic rings. The van der Waals surface area contributed by atoms with Gasteiger partial charge >= 0.3 is 0 Å². The van der Waals surface area contributed by atoms with Crippen LogP contribution in [0.4, 0.5) is 0 Å². The Labute approximate surface area is 105 Å². The first-order valence-electron chi connectivity index (χ1n) is 4.94. The van der Waals surface area contributed by atoms with E-state index in [4.69, 9.17) is 23.2 Å². The lowest BCUT2D eigenvalue weighted by molar-refractivity contribution is 1.64. The Bertz CT molecular complexity index is 516. The Balaban J connectivity index is 2.25. The lowest BCUT2D eigenvalue weighted by Gasteiger charge is -1.97. The van der Waals surface area contributed by atoms with E-state index in [1.54, 1.807) is 0 Å². The molecule has 0 saturated carbocycles. The monoisotopic (exact) mass is 248 g/mol. The molecule has 2 aromatic carbocycles. The third-order valence-corrected chi connectivity index (χ3v) is 2.79. The summed E-state index contributed by atoms with van der Waals surface area (Å²) >= 11 is 11.9. The molecule has 0 N–H and O–H groups in total.